The molecule has 6 heteroatoms. The number of carbonyl (C=O) groups excluding carboxylic acids is 1. The number of hydrogen-bond acceptors (Lipinski definition) is 3. The van der Waals surface area contributed by atoms with Gasteiger partial charge in [-0.05, 0) is 44.0 Å². The van der Waals surface area contributed by atoms with Crippen molar-refractivity contribution in [2.45, 2.75) is 32.7 Å². The van der Waals surface area contributed by atoms with E-state index in [2.05, 4.69) is 4.99 Å². The molecule has 1 N–H and O–H groups in total. The summed E-state index contributed by atoms with van der Waals surface area (Å²) < 4.78 is 3.06. The van der Waals surface area contributed by atoms with E-state index in [1.165, 1.54) is 11.3 Å². The fourth-order valence-corrected chi connectivity index (χ4v) is 3.77. The van der Waals surface area contributed by atoms with Crippen LogP contribution in [0.2, 0.25) is 0 Å². The van der Waals surface area contributed by atoms with E-state index in [1.54, 1.807) is 12.1 Å². The van der Waals surface area contributed by atoms with E-state index in [-0.39, 0.29) is 12.3 Å². The zero-order valence-electron chi connectivity index (χ0n) is 14.5. The largest absolute Gasteiger partial charge is 0.481 e. The maximum absolute atomic E-state index is 12.5. The number of thiazole rings is 1. The van der Waals surface area contributed by atoms with Crippen molar-refractivity contribution in [3.63, 3.8) is 0 Å². The molecule has 26 heavy (non-hydrogen) atoms. The molecule has 1 amide bonds. The Kier molecular flexibility index (Phi) is 5.63. The molecule has 0 saturated carbocycles. The summed E-state index contributed by atoms with van der Waals surface area (Å²) in [5, 5.41) is 8.79. The Balaban J connectivity index is 1.93. The fourth-order valence-electron chi connectivity index (χ4n) is 2.72. The quantitative estimate of drug-likeness (QED) is 0.668. The number of aliphatic carboxylic acids is 1. The molecule has 5 nitrogen and oxygen atoms in total. The summed E-state index contributed by atoms with van der Waals surface area (Å²) in [6, 6.07) is 15.3. The fraction of sp³-hybridized carbons (Fsp3) is 0.250. The van der Waals surface area contributed by atoms with Crippen molar-refractivity contribution in [3.05, 3.63) is 64.5 Å². The van der Waals surface area contributed by atoms with Gasteiger partial charge >= 0.3 is 5.97 Å². The van der Waals surface area contributed by atoms with Gasteiger partial charge in [0.15, 0.2) is 4.80 Å². The zero-order valence-corrected chi connectivity index (χ0v) is 15.3. The predicted molar refractivity (Wildman–Crippen MR) is 102 cm³/mol. The lowest BCUT2D eigenvalue weighted by Gasteiger charge is -2.04. The number of carboxylic acid groups (broad SMARTS) is 1. The highest BCUT2D eigenvalue weighted by atomic mass is 32.1. The highest BCUT2D eigenvalue weighted by Gasteiger charge is 2.09. The molecule has 1 heterocycles. The number of unbranched alkanes of at least 4 members (excludes halogenated alkanes) is 1. The van der Waals surface area contributed by atoms with E-state index in [9.17, 15) is 9.59 Å². The van der Waals surface area contributed by atoms with Crippen molar-refractivity contribution in [2.24, 2.45) is 4.99 Å². The molecule has 3 rings (SSSR count). The molecule has 0 bridgehead atoms. The van der Waals surface area contributed by atoms with E-state index < -0.39 is 5.97 Å². The van der Waals surface area contributed by atoms with Crippen LogP contribution in [0.15, 0.2) is 53.5 Å². The van der Waals surface area contributed by atoms with Gasteiger partial charge in [-0.15, -0.1) is 0 Å². The van der Waals surface area contributed by atoms with Gasteiger partial charge in [0.2, 0.25) is 0 Å². The van der Waals surface area contributed by atoms with Crippen molar-refractivity contribution in [2.75, 3.05) is 0 Å². The molecule has 0 fully saturated rings. The minimum Gasteiger partial charge on any atom is -0.481 e. The van der Waals surface area contributed by atoms with Crippen LogP contribution in [0.5, 0.6) is 0 Å². The van der Waals surface area contributed by atoms with Crippen molar-refractivity contribution >= 4 is 33.4 Å². The Labute approximate surface area is 155 Å². The van der Waals surface area contributed by atoms with Crippen molar-refractivity contribution in [1.29, 1.82) is 0 Å². The number of para-hydroxylation sites is 1. The molecule has 3 aromatic rings. The number of aryl methyl sites for hydroxylation is 2. The van der Waals surface area contributed by atoms with Crippen LogP contribution in [-0.4, -0.2) is 21.6 Å². The topological polar surface area (TPSA) is 71.7 Å². The van der Waals surface area contributed by atoms with Crippen LogP contribution < -0.4 is 4.80 Å². The molecule has 0 radical (unpaired) electrons. The van der Waals surface area contributed by atoms with E-state index in [0.717, 1.165) is 22.2 Å². The summed E-state index contributed by atoms with van der Waals surface area (Å²) in [5.74, 6) is -1.06. The molecule has 0 aliphatic heterocycles. The average molecular weight is 368 g/mol. The molecule has 1 aromatic heterocycles. The normalized spacial score (nSPS) is 11.8. The van der Waals surface area contributed by atoms with Gasteiger partial charge in [-0.3, -0.25) is 9.59 Å². The zero-order chi connectivity index (χ0) is 18.5. The summed E-state index contributed by atoms with van der Waals surface area (Å²) in [5.41, 5.74) is 2.67. The minimum absolute atomic E-state index is 0.150. The number of amides is 1. The van der Waals surface area contributed by atoms with Gasteiger partial charge in [-0.1, -0.05) is 41.2 Å². The summed E-state index contributed by atoms with van der Waals surface area (Å²) in [6.07, 6.45) is 1.47. The van der Waals surface area contributed by atoms with Gasteiger partial charge < -0.3 is 9.67 Å². The van der Waals surface area contributed by atoms with Crippen LogP contribution >= 0.6 is 11.3 Å². The summed E-state index contributed by atoms with van der Waals surface area (Å²) in [4.78, 5) is 28.2. The van der Waals surface area contributed by atoms with E-state index >= 15 is 0 Å². The molecule has 0 saturated heterocycles. The number of carboxylic acids is 1. The lowest BCUT2D eigenvalue weighted by molar-refractivity contribution is -0.137. The standard InChI is InChI=1S/C20H20N2O3S/c1-14-9-11-15(12-10-14)19(25)21-20-22(13-5-4-8-18(23)24)16-6-2-3-7-17(16)26-20/h2-3,6-7,9-12H,4-5,8,13H2,1H3,(H,23,24). The Bertz CT molecular complexity index is 1000. The highest BCUT2D eigenvalue weighted by molar-refractivity contribution is 7.16. The number of hydrogen-bond donors (Lipinski definition) is 1. The molecule has 0 unspecified atom stereocenters. The second-order valence-corrected chi connectivity index (χ2v) is 7.15. The monoisotopic (exact) mass is 368 g/mol. The molecule has 2 aromatic carbocycles. The van der Waals surface area contributed by atoms with Crippen LogP contribution in [0, 0.1) is 6.92 Å². The number of fused-ring (bicyclic) bond motifs is 1. The molecule has 0 spiro atoms. The third-order valence-electron chi connectivity index (χ3n) is 4.11. The van der Waals surface area contributed by atoms with Gasteiger partial charge in [-0.2, -0.15) is 4.99 Å². The maximum atomic E-state index is 12.5. The maximum Gasteiger partial charge on any atom is 0.303 e. The Morgan fingerprint density at radius 2 is 1.81 bits per heavy atom. The molecule has 0 aliphatic carbocycles. The van der Waals surface area contributed by atoms with Gasteiger partial charge in [0, 0.05) is 18.5 Å². The molecular weight excluding hydrogens is 348 g/mol. The summed E-state index contributed by atoms with van der Waals surface area (Å²) >= 11 is 1.47. The van der Waals surface area contributed by atoms with E-state index in [1.807, 2.05) is 47.9 Å². The summed E-state index contributed by atoms with van der Waals surface area (Å²) in [7, 11) is 0. The van der Waals surface area contributed by atoms with Crippen molar-refractivity contribution < 1.29 is 14.7 Å². The number of benzene rings is 2. The first kappa shape index (κ1) is 18.1. The van der Waals surface area contributed by atoms with Gasteiger partial charge in [0.05, 0.1) is 10.2 Å². The SMILES string of the molecule is Cc1ccc(C(=O)N=c2sc3ccccc3n2CCCCC(=O)O)cc1. The number of carbonyl (C=O) groups is 2. The first-order chi connectivity index (χ1) is 12.5. The number of rotatable bonds is 6. The predicted octanol–water partition coefficient (Wildman–Crippen LogP) is 4.01. The van der Waals surface area contributed by atoms with Gasteiger partial charge in [0.25, 0.3) is 5.91 Å². The van der Waals surface area contributed by atoms with Crippen LogP contribution in [-0.2, 0) is 11.3 Å². The van der Waals surface area contributed by atoms with Gasteiger partial charge in [0.1, 0.15) is 0 Å². The first-order valence-electron chi connectivity index (χ1n) is 8.50. The van der Waals surface area contributed by atoms with E-state index in [4.69, 9.17) is 5.11 Å². The molecule has 134 valence electrons. The van der Waals surface area contributed by atoms with Crippen LogP contribution in [0.4, 0.5) is 0 Å². The number of aromatic nitrogens is 1. The third-order valence-corrected chi connectivity index (χ3v) is 5.17. The molecule has 0 aliphatic rings. The second-order valence-electron chi connectivity index (χ2n) is 6.14. The van der Waals surface area contributed by atoms with Crippen LogP contribution in [0.1, 0.15) is 35.2 Å². The highest BCUT2D eigenvalue weighted by Crippen LogP contribution is 2.18. The number of nitrogens with zero attached hydrogens (tertiary/aromatic N) is 2. The Morgan fingerprint density at radius 3 is 2.54 bits per heavy atom. The lowest BCUT2D eigenvalue weighted by Crippen LogP contribution is -2.17. The Morgan fingerprint density at radius 1 is 1.08 bits per heavy atom. The van der Waals surface area contributed by atoms with Crippen LogP contribution in [0.25, 0.3) is 10.2 Å². The summed E-state index contributed by atoms with van der Waals surface area (Å²) in [6.45, 7) is 2.61. The van der Waals surface area contributed by atoms with Gasteiger partial charge in [-0.25, -0.2) is 0 Å². The van der Waals surface area contributed by atoms with Crippen LogP contribution in [0.3, 0.4) is 0 Å². The average Bonchev–Trinajstić information content (AvgIpc) is 2.96. The van der Waals surface area contributed by atoms with Crippen molar-refractivity contribution in [3.8, 4) is 0 Å². The first-order valence-corrected chi connectivity index (χ1v) is 9.32. The minimum atomic E-state index is -0.787. The lowest BCUT2D eigenvalue weighted by atomic mass is 10.1. The second kappa shape index (κ2) is 8.10. The van der Waals surface area contributed by atoms with E-state index in [0.29, 0.717) is 23.3 Å². The smallest absolute Gasteiger partial charge is 0.303 e. The third kappa shape index (κ3) is 4.26. The Hall–Kier alpha value is -2.73. The van der Waals surface area contributed by atoms with Crippen molar-refractivity contribution in [1.82, 2.24) is 4.57 Å². The molecular formula is C20H20N2O3S. The molecule has 0 atom stereocenters.